The van der Waals surface area contributed by atoms with Crippen LogP contribution in [0.2, 0.25) is 5.02 Å². The maximum Gasteiger partial charge on any atom is 0.257 e. The van der Waals surface area contributed by atoms with Gasteiger partial charge in [0.2, 0.25) is 0 Å². The van der Waals surface area contributed by atoms with Crippen LogP contribution in [0.1, 0.15) is 22.6 Å². The van der Waals surface area contributed by atoms with Gasteiger partial charge < -0.3 is 15.0 Å². The summed E-state index contributed by atoms with van der Waals surface area (Å²) in [4.78, 5) is 15.8. The molecule has 0 bridgehead atoms. The molecule has 5 heteroatoms. The first-order valence-corrected chi connectivity index (χ1v) is 10.3. The predicted octanol–water partition coefficient (Wildman–Crippen LogP) is 5.46. The van der Waals surface area contributed by atoms with Gasteiger partial charge in [0.1, 0.15) is 5.75 Å². The lowest BCUT2D eigenvalue weighted by Crippen LogP contribution is -2.32. The van der Waals surface area contributed by atoms with Gasteiger partial charge in [0, 0.05) is 34.6 Å². The largest absolute Gasteiger partial charge is 0.484 e. The van der Waals surface area contributed by atoms with Crippen LogP contribution in [0.25, 0.3) is 10.9 Å². The van der Waals surface area contributed by atoms with Gasteiger partial charge >= 0.3 is 0 Å². The Bertz CT molecular complexity index is 1150. The molecule has 1 aromatic heterocycles. The minimum Gasteiger partial charge on any atom is -0.484 e. The quantitative estimate of drug-likeness (QED) is 0.419. The number of nitrogens with one attached hydrogen (secondary N) is 2. The summed E-state index contributed by atoms with van der Waals surface area (Å²) in [5.74, 6) is 0.417. The van der Waals surface area contributed by atoms with Gasteiger partial charge in [-0.25, -0.2) is 0 Å². The minimum atomic E-state index is -0.174. The average Bonchev–Trinajstić information content (AvgIpc) is 3.19. The Morgan fingerprint density at radius 3 is 2.53 bits per heavy atom. The first-order valence-electron chi connectivity index (χ1n) is 9.88. The maximum atomic E-state index is 12.5. The summed E-state index contributed by atoms with van der Waals surface area (Å²) in [6, 6.07) is 23.5. The number of aromatic nitrogens is 1. The molecule has 1 amide bonds. The SMILES string of the molecule is Cc1ccc(OCC(=O)NC[C@H](c2ccccc2Cl)c2c[nH]c3ccccc23)cc1. The molecular weight excluding hydrogens is 396 g/mol. The van der Waals surface area contributed by atoms with Gasteiger partial charge in [0.25, 0.3) is 5.91 Å². The maximum absolute atomic E-state index is 12.5. The Morgan fingerprint density at radius 2 is 1.73 bits per heavy atom. The zero-order valence-corrected chi connectivity index (χ0v) is 17.4. The van der Waals surface area contributed by atoms with Gasteiger partial charge in [-0.2, -0.15) is 0 Å². The molecule has 0 radical (unpaired) electrons. The first-order chi connectivity index (χ1) is 14.6. The summed E-state index contributed by atoms with van der Waals surface area (Å²) >= 11 is 6.51. The summed E-state index contributed by atoms with van der Waals surface area (Å²) in [5.41, 5.74) is 4.27. The number of benzene rings is 3. The van der Waals surface area contributed by atoms with E-state index < -0.39 is 0 Å². The molecule has 1 heterocycles. The highest BCUT2D eigenvalue weighted by atomic mass is 35.5. The number of H-pyrrole nitrogens is 1. The van der Waals surface area contributed by atoms with Crippen molar-refractivity contribution in [3.63, 3.8) is 0 Å². The lowest BCUT2D eigenvalue weighted by Gasteiger charge is -2.19. The third kappa shape index (κ3) is 4.50. The Morgan fingerprint density at radius 1 is 1.00 bits per heavy atom. The predicted molar refractivity (Wildman–Crippen MR) is 121 cm³/mol. The fraction of sp³-hybridized carbons (Fsp3) is 0.160. The van der Waals surface area contributed by atoms with Gasteiger partial charge in [-0.05, 0) is 42.3 Å². The minimum absolute atomic E-state index is 0.0355. The van der Waals surface area contributed by atoms with E-state index in [0.29, 0.717) is 17.3 Å². The van der Waals surface area contributed by atoms with Crippen molar-refractivity contribution in [2.45, 2.75) is 12.8 Å². The number of rotatable bonds is 7. The van der Waals surface area contributed by atoms with E-state index in [4.69, 9.17) is 16.3 Å². The molecular formula is C25H23ClN2O2. The van der Waals surface area contributed by atoms with Crippen molar-refractivity contribution in [2.75, 3.05) is 13.2 Å². The molecule has 4 nitrogen and oxygen atoms in total. The lowest BCUT2D eigenvalue weighted by atomic mass is 9.91. The Kier molecular flexibility index (Phi) is 6.05. The molecule has 4 rings (SSSR count). The van der Waals surface area contributed by atoms with Crippen LogP contribution >= 0.6 is 11.6 Å². The molecule has 4 aromatic rings. The fourth-order valence-electron chi connectivity index (χ4n) is 3.58. The molecule has 30 heavy (non-hydrogen) atoms. The molecule has 3 aromatic carbocycles. The van der Waals surface area contributed by atoms with E-state index in [-0.39, 0.29) is 18.4 Å². The number of hydrogen-bond donors (Lipinski definition) is 2. The summed E-state index contributed by atoms with van der Waals surface area (Å²) in [7, 11) is 0. The highest BCUT2D eigenvalue weighted by Gasteiger charge is 2.21. The van der Waals surface area contributed by atoms with E-state index in [0.717, 1.165) is 27.6 Å². The second kappa shape index (κ2) is 9.06. The van der Waals surface area contributed by atoms with Gasteiger partial charge in [0.15, 0.2) is 6.61 Å². The molecule has 0 aliphatic rings. The fourth-order valence-corrected chi connectivity index (χ4v) is 3.85. The normalized spacial score (nSPS) is 11.9. The average molecular weight is 419 g/mol. The second-order valence-electron chi connectivity index (χ2n) is 7.27. The molecule has 1 atom stereocenters. The van der Waals surface area contributed by atoms with Crippen molar-refractivity contribution >= 4 is 28.4 Å². The Balaban J connectivity index is 1.51. The van der Waals surface area contributed by atoms with Crippen molar-refractivity contribution in [2.24, 2.45) is 0 Å². The van der Waals surface area contributed by atoms with E-state index >= 15 is 0 Å². The van der Waals surface area contributed by atoms with Crippen LogP contribution in [-0.4, -0.2) is 24.0 Å². The molecule has 0 aliphatic carbocycles. The molecule has 152 valence electrons. The smallest absolute Gasteiger partial charge is 0.257 e. The van der Waals surface area contributed by atoms with Gasteiger partial charge in [-0.3, -0.25) is 4.79 Å². The zero-order chi connectivity index (χ0) is 20.9. The number of carbonyl (C=O) groups is 1. The number of para-hydroxylation sites is 1. The van der Waals surface area contributed by atoms with E-state index in [9.17, 15) is 4.79 Å². The van der Waals surface area contributed by atoms with Crippen LogP contribution in [-0.2, 0) is 4.79 Å². The Labute approximate surface area is 180 Å². The van der Waals surface area contributed by atoms with Crippen molar-refractivity contribution in [1.29, 1.82) is 0 Å². The molecule has 0 saturated carbocycles. The Hall–Kier alpha value is -3.24. The van der Waals surface area contributed by atoms with Crippen LogP contribution in [0.15, 0.2) is 79.0 Å². The van der Waals surface area contributed by atoms with E-state index in [1.165, 1.54) is 0 Å². The van der Waals surface area contributed by atoms with Gasteiger partial charge in [0.05, 0.1) is 0 Å². The number of carbonyl (C=O) groups excluding carboxylic acids is 1. The van der Waals surface area contributed by atoms with Crippen molar-refractivity contribution in [3.05, 3.63) is 101 Å². The van der Waals surface area contributed by atoms with E-state index in [1.54, 1.807) is 0 Å². The highest BCUT2D eigenvalue weighted by Crippen LogP contribution is 2.34. The van der Waals surface area contributed by atoms with Gasteiger partial charge in [-0.15, -0.1) is 0 Å². The third-order valence-electron chi connectivity index (χ3n) is 5.17. The third-order valence-corrected chi connectivity index (χ3v) is 5.52. The highest BCUT2D eigenvalue weighted by molar-refractivity contribution is 6.31. The van der Waals surface area contributed by atoms with Crippen molar-refractivity contribution in [1.82, 2.24) is 10.3 Å². The van der Waals surface area contributed by atoms with Crippen LogP contribution in [0.3, 0.4) is 0 Å². The summed E-state index contributed by atoms with van der Waals surface area (Å²) in [6.07, 6.45) is 1.99. The van der Waals surface area contributed by atoms with Crippen LogP contribution in [0.4, 0.5) is 0 Å². The van der Waals surface area contributed by atoms with E-state index in [2.05, 4.69) is 16.4 Å². The zero-order valence-electron chi connectivity index (χ0n) is 16.7. The van der Waals surface area contributed by atoms with E-state index in [1.807, 2.05) is 79.9 Å². The summed E-state index contributed by atoms with van der Waals surface area (Å²) in [6.45, 7) is 2.39. The number of halogens is 1. The monoisotopic (exact) mass is 418 g/mol. The first kappa shape index (κ1) is 20.0. The number of amides is 1. The number of hydrogen-bond acceptors (Lipinski definition) is 2. The molecule has 0 aliphatic heterocycles. The summed E-state index contributed by atoms with van der Waals surface area (Å²) in [5, 5.41) is 4.80. The van der Waals surface area contributed by atoms with Crippen LogP contribution in [0.5, 0.6) is 5.75 Å². The van der Waals surface area contributed by atoms with Crippen molar-refractivity contribution in [3.8, 4) is 5.75 Å². The molecule has 0 saturated heterocycles. The van der Waals surface area contributed by atoms with Crippen molar-refractivity contribution < 1.29 is 9.53 Å². The number of fused-ring (bicyclic) bond motifs is 1. The second-order valence-corrected chi connectivity index (χ2v) is 7.68. The molecule has 0 unspecified atom stereocenters. The lowest BCUT2D eigenvalue weighted by molar-refractivity contribution is -0.123. The number of aromatic amines is 1. The van der Waals surface area contributed by atoms with Crippen LogP contribution in [0, 0.1) is 6.92 Å². The topological polar surface area (TPSA) is 54.1 Å². The number of ether oxygens (including phenoxy) is 1. The molecule has 2 N–H and O–H groups in total. The standard InChI is InChI=1S/C25H23ClN2O2/c1-17-10-12-18(13-11-17)30-16-25(29)28-15-21(19-6-2-4-8-23(19)26)22-14-27-24-9-5-3-7-20(22)24/h2-14,21,27H,15-16H2,1H3,(H,28,29)/t21-/m1/s1. The van der Waals surface area contributed by atoms with Gasteiger partial charge in [-0.1, -0.05) is 65.7 Å². The summed E-state index contributed by atoms with van der Waals surface area (Å²) < 4.78 is 5.60. The van der Waals surface area contributed by atoms with Crippen LogP contribution < -0.4 is 10.1 Å². The molecule has 0 fully saturated rings. The molecule has 0 spiro atoms. The number of aryl methyl sites for hydroxylation is 1.